The first-order chi connectivity index (χ1) is 19.9. The Kier molecular flexibility index (Phi) is 9.86. The van der Waals surface area contributed by atoms with E-state index in [4.69, 9.17) is 14.2 Å². The maximum Gasteiger partial charge on any atom is 0.404 e. The molecule has 1 heterocycles. The molecule has 0 bridgehead atoms. The maximum absolute atomic E-state index is 13.6. The van der Waals surface area contributed by atoms with Crippen molar-refractivity contribution >= 4 is 16.1 Å². The summed E-state index contributed by atoms with van der Waals surface area (Å²) in [5.74, 6) is -0.394. The number of carboxylic acid groups (broad SMARTS) is 1. The Labute approximate surface area is 242 Å². The van der Waals surface area contributed by atoms with Crippen LogP contribution >= 0.6 is 0 Å². The van der Waals surface area contributed by atoms with Crippen LogP contribution < -0.4 is 19.5 Å². The Bertz CT molecular complexity index is 1480. The highest BCUT2D eigenvalue weighted by atomic mass is 32.2. The largest absolute Gasteiger partial charge is 0.489 e. The van der Waals surface area contributed by atoms with E-state index in [0.717, 1.165) is 22.5 Å². The molecule has 10 nitrogen and oxygen atoms in total. The number of sulfonamides is 1. The average Bonchev–Trinajstić information content (AvgIpc) is 3.39. The van der Waals surface area contributed by atoms with Gasteiger partial charge in [0.1, 0.15) is 24.0 Å². The SMILES string of the molecule is CC(C)CN(C[C@@H](O)[C@H](Cc1ccc(OCc2cc(F)cc(F)c2)cc1)NC(=O)O)S(=O)(=O)c1ccc2c(c1)OCO2. The molecular formula is C29H32F2N2O8S. The zero-order valence-electron chi connectivity index (χ0n) is 23.0. The summed E-state index contributed by atoms with van der Waals surface area (Å²) in [4.78, 5) is 11.5. The summed E-state index contributed by atoms with van der Waals surface area (Å²) in [6, 6.07) is 12.8. The molecule has 0 fully saturated rings. The van der Waals surface area contributed by atoms with Crippen molar-refractivity contribution < 1.29 is 46.4 Å². The van der Waals surface area contributed by atoms with E-state index in [1.165, 1.54) is 18.2 Å². The smallest absolute Gasteiger partial charge is 0.404 e. The number of benzene rings is 3. The second-order valence-electron chi connectivity index (χ2n) is 10.3. The second-order valence-corrected chi connectivity index (χ2v) is 12.2. The van der Waals surface area contributed by atoms with Crippen LogP contribution in [0.5, 0.6) is 17.2 Å². The van der Waals surface area contributed by atoms with Crippen LogP contribution in [0.3, 0.4) is 0 Å². The Balaban J connectivity index is 1.46. The minimum absolute atomic E-state index is 0.0180. The van der Waals surface area contributed by atoms with Crippen LogP contribution in [0, 0.1) is 17.6 Å². The second kappa shape index (κ2) is 13.4. The van der Waals surface area contributed by atoms with Crippen molar-refractivity contribution in [1.29, 1.82) is 0 Å². The summed E-state index contributed by atoms with van der Waals surface area (Å²) in [5.41, 5.74) is 0.943. The normalized spacial score (nSPS) is 14.2. The molecule has 0 aromatic heterocycles. The molecular weight excluding hydrogens is 574 g/mol. The van der Waals surface area contributed by atoms with Gasteiger partial charge < -0.3 is 29.7 Å². The van der Waals surface area contributed by atoms with Gasteiger partial charge in [-0.3, -0.25) is 0 Å². The first-order valence-corrected chi connectivity index (χ1v) is 14.6. The predicted octanol–water partition coefficient (Wildman–Crippen LogP) is 4.16. The van der Waals surface area contributed by atoms with Crippen LogP contribution in [0.15, 0.2) is 65.6 Å². The lowest BCUT2D eigenvalue weighted by molar-refractivity contribution is 0.0980. The van der Waals surface area contributed by atoms with Crippen molar-refractivity contribution in [3.63, 3.8) is 0 Å². The highest BCUT2D eigenvalue weighted by Gasteiger charge is 2.32. The molecule has 3 N–H and O–H groups in total. The number of hydrogen-bond acceptors (Lipinski definition) is 7. The number of aliphatic hydroxyl groups is 1. The third-order valence-corrected chi connectivity index (χ3v) is 8.25. The van der Waals surface area contributed by atoms with Gasteiger partial charge in [-0.2, -0.15) is 4.31 Å². The van der Waals surface area contributed by atoms with Gasteiger partial charge in [0.2, 0.25) is 16.8 Å². The molecule has 0 radical (unpaired) electrons. The summed E-state index contributed by atoms with van der Waals surface area (Å²) in [6.45, 7) is 3.28. The quantitative estimate of drug-likeness (QED) is 0.264. The fraction of sp³-hybridized carbons (Fsp3) is 0.345. The molecule has 1 aliphatic heterocycles. The van der Waals surface area contributed by atoms with Crippen molar-refractivity contribution in [2.75, 3.05) is 19.9 Å². The number of rotatable bonds is 13. The number of carbonyl (C=O) groups is 1. The first kappa shape index (κ1) is 31.0. The Morgan fingerprint density at radius 1 is 0.976 bits per heavy atom. The van der Waals surface area contributed by atoms with E-state index in [1.807, 2.05) is 13.8 Å². The van der Waals surface area contributed by atoms with Crippen LogP contribution in [0.1, 0.15) is 25.0 Å². The summed E-state index contributed by atoms with van der Waals surface area (Å²) in [5, 5.41) is 22.8. The molecule has 3 aromatic carbocycles. The van der Waals surface area contributed by atoms with Gasteiger partial charge in [0.15, 0.2) is 11.5 Å². The van der Waals surface area contributed by atoms with E-state index in [0.29, 0.717) is 28.4 Å². The van der Waals surface area contributed by atoms with Gasteiger partial charge in [-0.15, -0.1) is 0 Å². The zero-order chi connectivity index (χ0) is 30.4. The summed E-state index contributed by atoms with van der Waals surface area (Å²) in [6.07, 6.45) is -2.74. The maximum atomic E-state index is 13.6. The highest BCUT2D eigenvalue weighted by molar-refractivity contribution is 7.89. The number of fused-ring (bicyclic) bond motifs is 1. The molecule has 0 saturated carbocycles. The van der Waals surface area contributed by atoms with Crippen molar-refractivity contribution in [3.05, 3.63) is 83.4 Å². The number of nitrogens with zero attached hydrogens (tertiary/aromatic N) is 1. The fourth-order valence-corrected chi connectivity index (χ4v) is 6.12. The van der Waals surface area contributed by atoms with Crippen molar-refractivity contribution in [2.24, 2.45) is 5.92 Å². The molecule has 0 aliphatic carbocycles. The molecule has 0 saturated heterocycles. The van der Waals surface area contributed by atoms with Crippen LogP contribution in [0.25, 0.3) is 0 Å². The zero-order valence-corrected chi connectivity index (χ0v) is 23.8. The van der Waals surface area contributed by atoms with Gasteiger partial charge in [0, 0.05) is 25.2 Å². The Hall–Kier alpha value is -3.94. The van der Waals surface area contributed by atoms with Crippen molar-refractivity contribution in [2.45, 2.75) is 43.9 Å². The van der Waals surface area contributed by atoms with Crippen LogP contribution in [-0.2, 0) is 23.1 Å². The van der Waals surface area contributed by atoms with Crippen molar-refractivity contribution in [1.82, 2.24) is 9.62 Å². The van der Waals surface area contributed by atoms with Gasteiger partial charge in [-0.05, 0) is 59.9 Å². The van der Waals surface area contributed by atoms with Gasteiger partial charge >= 0.3 is 6.09 Å². The molecule has 4 rings (SSSR count). The molecule has 42 heavy (non-hydrogen) atoms. The molecule has 2 atom stereocenters. The van der Waals surface area contributed by atoms with E-state index in [9.17, 15) is 32.2 Å². The first-order valence-electron chi connectivity index (χ1n) is 13.1. The lowest BCUT2D eigenvalue weighted by atomic mass is 10.0. The molecule has 13 heteroatoms. The standard InChI is InChI=1S/C29H32F2N2O8S/c1-18(2)14-33(42(37,38)24-7-8-27-28(13-24)41-17-40-27)15-26(34)25(32-29(35)36)11-19-3-5-23(6-4-19)39-16-20-9-21(30)12-22(31)10-20/h3-10,12-13,18,25-26,32,34H,11,14-17H2,1-2H3,(H,35,36)/t25-,26+/m0/s1. The fourth-order valence-electron chi connectivity index (χ4n) is 4.48. The highest BCUT2D eigenvalue weighted by Crippen LogP contribution is 2.35. The number of halogens is 2. The van der Waals surface area contributed by atoms with Gasteiger partial charge in [0.05, 0.1) is 17.0 Å². The van der Waals surface area contributed by atoms with Crippen LogP contribution in [-0.4, -0.2) is 61.1 Å². The molecule has 0 spiro atoms. The van der Waals surface area contributed by atoms with E-state index in [-0.39, 0.29) is 43.7 Å². The van der Waals surface area contributed by atoms with E-state index < -0.39 is 39.9 Å². The third-order valence-electron chi connectivity index (χ3n) is 6.42. The van der Waals surface area contributed by atoms with Crippen LogP contribution in [0.2, 0.25) is 0 Å². The molecule has 1 aliphatic rings. The molecule has 0 unspecified atom stereocenters. The molecule has 3 aromatic rings. The van der Waals surface area contributed by atoms with Crippen LogP contribution in [0.4, 0.5) is 13.6 Å². The van der Waals surface area contributed by atoms with E-state index >= 15 is 0 Å². The Morgan fingerprint density at radius 2 is 1.64 bits per heavy atom. The van der Waals surface area contributed by atoms with E-state index in [1.54, 1.807) is 24.3 Å². The number of amides is 1. The minimum atomic E-state index is -4.09. The molecule has 1 amide bonds. The summed E-state index contributed by atoms with van der Waals surface area (Å²) in [7, 11) is -4.09. The third kappa shape index (κ3) is 8.08. The van der Waals surface area contributed by atoms with Crippen molar-refractivity contribution in [3.8, 4) is 17.2 Å². The lowest BCUT2D eigenvalue weighted by Crippen LogP contribution is -2.50. The predicted molar refractivity (Wildman–Crippen MR) is 148 cm³/mol. The average molecular weight is 607 g/mol. The number of ether oxygens (including phenoxy) is 3. The van der Waals surface area contributed by atoms with Gasteiger partial charge in [-0.1, -0.05) is 26.0 Å². The van der Waals surface area contributed by atoms with E-state index in [2.05, 4.69) is 5.32 Å². The minimum Gasteiger partial charge on any atom is -0.489 e. The van der Waals surface area contributed by atoms with Gasteiger partial charge in [0.25, 0.3) is 0 Å². The monoisotopic (exact) mass is 606 g/mol. The topological polar surface area (TPSA) is 135 Å². The number of hydrogen-bond donors (Lipinski definition) is 3. The number of aliphatic hydroxyl groups excluding tert-OH is 1. The number of nitrogens with one attached hydrogen (secondary N) is 1. The summed E-state index contributed by atoms with van der Waals surface area (Å²) < 4.78 is 71.3. The summed E-state index contributed by atoms with van der Waals surface area (Å²) >= 11 is 0. The van der Waals surface area contributed by atoms with Gasteiger partial charge in [-0.25, -0.2) is 22.0 Å². The lowest BCUT2D eigenvalue weighted by Gasteiger charge is -2.30. The Morgan fingerprint density at radius 3 is 2.29 bits per heavy atom. The molecule has 226 valence electrons.